The van der Waals surface area contributed by atoms with Crippen LogP contribution in [0.25, 0.3) is 0 Å². The first-order valence-corrected chi connectivity index (χ1v) is 6.97. The van der Waals surface area contributed by atoms with Gasteiger partial charge in [0.15, 0.2) is 0 Å². The highest BCUT2D eigenvalue weighted by atomic mass is 16.4. The van der Waals surface area contributed by atoms with Crippen molar-refractivity contribution < 1.29 is 9.90 Å². The lowest BCUT2D eigenvalue weighted by Gasteiger charge is -2.39. The summed E-state index contributed by atoms with van der Waals surface area (Å²) >= 11 is 0. The smallest absolute Gasteiger partial charge is 0.321 e. The summed E-state index contributed by atoms with van der Waals surface area (Å²) in [4.78, 5) is 13.7. The molecule has 1 saturated carbocycles. The first-order chi connectivity index (χ1) is 7.99. The average Bonchev–Trinajstić information content (AvgIpc) is 2.58. The molecule has 4 atom stereocenters. The Kier molecular flexibility index (Phi) is 3.76. The van der Waals surface area contributed by atoms with Crippen molar-refractivity contribution in [2.45, 2.75) is 58.5 Å². The Morgan fingerprint density at radius 2 is 1.71 bits per heavy atom. The first-order valence-electron chi connectivity index (χ1n) is 6.97. The van der Waals surface area contributed by atoms with Crippen LogP contribution >= 0.6 is 0 Å². The second kappa shape index (κ2) is 4.97. The molecule has 1 aliphatic heterocycles. The van der Waals surface area contributed by atoms with Gasteiger partial charge in [-0.05, 0) is 50.0 Å². The summed E-state index contributed by atoms with van der Waals surface area (Å²) < 4.78 is 0. The van der Waals surface area contributed by atoms with Crippen LogP contribution in [-0.2, 0) is 4.79 Å². The molecule has 0 spiro atoms. The van der Waals surface area contributed by atoms with Crippen LogP contribution in [0.1, 0.15) is 46.5 Å². The van der Waals surface area contributed by atoms with Gasteiger partial charge in [-0.2, -0.15) is 0 Å². The maximum Gasteiger partial charge on any atom is 0.321 e. The summed E-state index contributed by atoms with van der Waals surface area (Å²) in [5, 5.41) is 9.37. The highest BCUT2D eigenvalue weighted by Crippen LogP contribution is 2.36. The molecule has 2 fully saturated rings. The summed E-state index contributed by atoms with van der Waals surface area (Å²) in [5.41, 5.74) is 0. The zero-order valence-electron chi connectivity index (χ0n) is 11.2. The number of rotatable bonds is 2. The predicted molar refractivity (Wildman–Crippen MR) is 67.9 cm³/mol. The Balaban J connectivity index is 2.08. The molecule has 0 amide bonds. The van der Waals surface area contributed by atoms with Crippen molar-refractivity contribution in [3.05, 3.63) is 0 Å². The monoisotopic (exact) mass is 239 g/mol. The number of carbonyl (C=O) groups is 1. The fourth-order valence-electron chi connectivity index (χ4n) is 3.95. The minimum atomic E-state index is -0.624. The van der Waals surface area contributed by atoms with Crippen LogP contribution in [0.15, 0.2) is 0 Å². The SMILES string of the molecule is CC1CC(C)CC(N2CCC(C)C2C(=O)O)C1. The van der Waals surface area contributed by atoms with E-state index in [1.54, 1.807) is 0 Å². The van der Waals surface area contributed by atoms with Crippen LogP contribution in [0.4, 0.5) is 0 Å². The van der Waals surface area contributed by atoms with Crippen LogP contribution in [0.2, 0.25) is 0 Å². The predicted octanol–water partition coefficient (Wildman–Crippen LogP) is 2.61. The van der Waals surface area contributed by atoms with Crippen molar-refractivity contribution in [1.82, 2.24) is 4.90 Å². The number of hydrogen-bond acceptors (Lipinski definition) is 2. The Labute approximate surface area is 104 Å². The van der Waals surface area contributed by atoms with Crippen molar-refractivity contribution >= 4 is 5.97 Å². The normalized spacial score (nSPS) is 43.8. The second-order valence-electron chi connectivity index (χ2n) is 6.36. The number of carboxylic acids is 1. The summed E-state index contributed by atoms with van der Waals surface area (Å²) in [7, 11) is 0. The molecule has 0 aromatic heterocycles. The van der Waals surface area contributed by atoms with E-state index >= 15 is 0 Å². The van der Waals surface area contributed by atoms with E-state index in [0.29, 0.717) is 12.0 Å². The molecule has 2 aliphatic rings. The average molecular weight is 239 g/mol. The molecule has 1 N–H and O–H groups in total. The standard InChI is InChI=1S/C14H25NO2/c1-9-6-10(2)8-12(7-9)15-5-4-11(3)13(15)14(16)17/h9-13H,4-8H2,1-3H3,(H,16,17). The number of hydrogen-bond donors (Lipinski definition) is 1. The fourth-order valence-corrected chi connectivity index (χ4v) is 3.95. The number of nitrogens with zero attached hydrogens (tertiary/aromatic N) is 1. The third-order valence-electron chi connectivity index (χ3n) is 4.61. The lowest BCUT2D eigenvalue weighted by Crippen LogP contribution is -2.47. The third kappa shape index (κ3) is 2.65. The Hall–Kier alpha value is -0.570. The first kappa shape index (κ1) is 12.9. The van der Waals surface area contributed by atoms with Gasteiger partial charge in [-0.3, -0.25) is 9.69 Å². The van der Waals surface area contributed by atoms with Crippen LogP contribution < -0.4 is 0 Å². The maximum absolute atomic E-state index is 11.4. The molecule has 0 aromatic carbocycles. The van der Waals surface area contributed by atoms with Gasteiger partial charge in [0, 0.05) is 6.04 Å². The van der Waals surface area contributed by atoms with Crippen molar-refractivity contribution in [1.29, 1.82) is 0 Å². The number of carboxylic acid groups (broad SMARTS) is 1. The van der Waals surface area contributed by atoms with Crippen LogP contribution in [0.5, 0.6) is 0 Å². The Morgan fingerprint density at radius 1 is 1.12 bits per heavy atom. The molecule has 4 unspecified atom stereocenters. The molecule has 0 bridgehead atoms. The maximum atomic E-state index is 11.4. The third-order valence-corrected chi connectivity index (χ3v) is 4.61. The van der Waals surface area contributed by atoms with E-state index in [0.717, 1.165) is 24.8 Å². The summed E-state index contributed by atoms with van der Waals surface area (Å²) in [6, 6.07) is 0.261. The van der Waals surface area contributed by atoms with E-state index in [4.69, 9.17) is 0 Å². The summed E-state index contributed by atoms with van der Waals surface area (Å²) in [5.74, 6) is 1.17. The van der Waals surface area contributed by atoms with Crippen LogP contribution in [0.3, 0.4) is 0 Å². The van der Waals surface area contributed by atoms with E-state index in [-0.39, 0.29) is 6.04 Å². The molecule has 17 heavy (non-hydrogen) atoms. The molecule has 1 saturated heterocycles. The largest absolute Gasteiger partial charge is 0.480 e. The topological polar surface area (TPSA) is 40.5 Å². The highest BCUT2D eigenvalue weighted by Gasteiger charge is 2.41. The van der Waals surface area contributed by atoms with Gasteiger partial charge in [0.1, 0.15) is 6.04 Å². The van der Waals surface area contributed by atoms with Crippen molar-refractivity contribution in [3.63, 3.8) is 0 Å². The summed E-state index contributed by atoms with van der Waals surface area (Å²) in [6.07, 6.45) is 4.70. The Bertz CT molecular complexity index is 282. The lowest BCUT2D eigenvalue weighted by molar-refractivity contribution is -0.144. The minimum absolute atomic E-state index is 0.238. The molecular formula is C14H25NO2. The number of aliphatic carboxylic acids is 1. The van der Waals surface area contributed by atoms with Gasteiger partial charge in [0.2, 0.25) is 0 Å². The van der Waals surface area contributed by atoms with Gasteiger partial charge in [0.25, 0.3) is 0 Å². The molecule has 2 rings (SSSR count). The fraction of sp³-hybridized carbons (Fsp3) is 0.929. The zero-order chi connectivity index (χ0) is 12.6. The minimum Gasteiger partial charge on any atom is -0.480 e. The highest BCUT2D eigenvalue weighted by molar-refractivity contribution is 5.74. The molecule has 3 heteroatoms. The second-order valence-corrected chi connectivity index (χ2v) is 6.36. The van der Waals surface area contributed by atoms with E-state index in [1.165, 1.54) is 19.3 Å². The molecule has 0 radical (unpaired) electrons. The van der Waals surface area contributed by atoms with E-state index < -0.39 is 5.97 Å². The summed E-state index contributed by atoms with van der Waals surface area (Å²) in [6.45, 7) is 7.66. The van der Waals surface area contributed by atoms with Crippen molar-refractivity contribution in [2.75, 3.05) is 6.54 Å². The quantitative estimate of drug-likeness (QED) is 0.805. The van der Waals surface area contributed by atoms with Gasteiger partial charge in [-0.1, -0.05) is 20.8 Å². The van der Waals surface area contributed by atoms with Crippen molar-refractivity contribution in [3.8, 4) is 0 Å². The van der Waals surface area contributed by atoms with Crippen LogP contribution in [0, 0.1) is 17.8 Å². The molecule has 98 valence electrons. The van der Waals surface area contributed by atoms with Gasteiger partial charge in [0.05, 0.1) is 0 Å². The van der Waals surface area contributed by atoms with Gasteiger partial charge < -0.3 is 5.11 Å². The molecular weight excluding hydrogens is 214 g/mol. The Morgan fingerprint density at radius 3 is 2.24 bits per heavy atom. The van der Waals surface area contributed by atoms with E-state index in [1.807, 2.05) is 0 Å². The lowest BCUT2D eigenvalue weighted by atomic mass is 9.79. The molecule has 0 aromatic rings. The van der Waals surface area contributed by atoms with E-state index in [9.17, 15) is 9.90 Å². The van der Waals surface area contributed by atoms with Gasteiger partial charge >= 0.3 is 5.97 Å². The van der Waals surface area contributed by atoms with Crippen LogP contribution in [-0.4, -0.2) is 34.6 Å². The molecule has 1 heterocycles. The van der Waals surface area contributed by atoms with Gasteiger partial charge in [-0.15, -0.1) is 0 Å². The van der Waals surface area contributed by atoms with Gasteiger partial charge in [-0.25, -0.2) is 0 Å². The molecule has 3 nitrogen and oxygen atoms in total. The molecule has 1 aliphatic carbocycles. The van der Waals surface area contributed by atoms with E-state index in [2.05, 4.69) is 25.7 Å². The number of likely N-dealkylation sites (tertiary alicyclic amines) is 1. The zero-order valence-corrected chi connectivity index (χ0v) is 11.2. The van der Waals surface area contributed by atoms with Crippen molar-refractivity contribution in [2.24, 2.45) is 17.8 Å².